The third-order valence-electron chi connectivity index (χ3n) is 6.63. The lowest BCUT2D eigenvalue weighted by Crippen LogP contribution is -2.51. The van der Waals surface area contributed by atoms with E-state index >= 15 is 0 Å². The number of carbonyl (C=O) groups excluding carboxylic acids is 3. The summed E-state index contributed by atoms with van der Waals surface area (Å²) in [6, 6.07) is 13.7. The number of pyridine rings is 1. The summed E-state index contributed by atoms with van der Waals surface area (Å²) in [5.74, 6) is 0.120. The minimum atomic E-state index is -0.607. The van der Waals surface area contributed by atoms with Gasteiger partial charge in [-0.2, -0.15) is 5.26 Å². The number of aryl methyl sites for hydroxylation is 1. The van der Waals surface area contributed by atoms with E-state index in [1.54, 1.807) is 42.3 Å². The summed E-state index contributed by atoms with van der Waals surface area (Å²) in [4.78, 5) is 47.1. The first-order valence-electron chi connectivity index (χ1n) is 12.9. The van der Waals surface area contributed by atoms with Gasteiger partial charge in [0.15, 0.2) is 0 Å². The van der Waals surface area contributed by atoms with E-state index in [4.69, 9.17) is 11.6 Å². The molecule has 4 rings (SSSR count). The first-order chi connectivity index (χ1) is 18.5. The topological polar surface area (TPSA) is 122 Å². The molecule has 0 spiro atoms. The average Bonchev–Trinajstić information content (AvgIpc) is 3.50. The Morgan fingerprint density at radius 2 is 1.97 bits per heavy atom. The van der Waals surface area contributed by atoms with E-state index < -0.39 is 12.1 Å². The van der Waals surface area contributed by atoms with Crippen molar-refractivity contribution in [2.75, 3.05) is 18.9 Å². The number of nitriles is 1. The maximum absolute atomic E-state index is 13.3. The van der Waals surface area contributed by atoms with Crippen LogP contribution in [-0.4, -0.2) is 63.7 Å². The Bertz CT molecular complexity index is 1350. The number of likely N-dealkylation sites (N-methyl/N-ethyl adjacent to an activating group) is 1. The Kier molecular flexibility index (Phi) is 10.1. The Balaban J connectivity index is 0.000000353. The molecule has 1 aliphatic heterocycles. The predicted octanol–water partition coefficient (Wildman–Crippen LogP) is 5.03. The summed E-state index contributed by atoms with van der Waals surface area (Å²) in [5.41, 5.74) is 2.69. The van der Waals surface area contributed by atoms with Gasteiger partial charge >= 0.3 is 0 Å². The molecule has 3 unspecified atom stereocenters. The van der Waals surface area contributed by atoms with Gasteiger partial charge in [-0.3, -0.25) is 14.4 Å². The molecule has 0 aliphatic carbocycles. The fourth-order valence-electron chi connectivity index (χ4n) is 4.64. The number of fused-ring (bicyclic) bond motifs is 1. The summed E-state index contributed by atoms with van der Waals surface area (Å²) < 4.78 is 0. The number of aromatic nitrogens is 2. The third-order valence-corrected chi connectivity index (χ3v) is 6.88. The van der Waals surface area contributed by atoms with Crippen LogP contribution in [0, 0.1) is 30.1 Å². The molecule has 3 atom stereocenters. The Labute approximate surface area is 234 Å². The molecule has 3 amide bonds. The summed E-state index contributed by atoms with van der Waals surface area (Å²) in [6.07, 6.45) is 1.85. The number of rotatable bonds is 7. The second-order valence-electron chi connectivity index (χ2n) is 10.4. The van der Waals surface area contributed by atoms with Gasteiger partial charge in [-0.1, -0.05) is 32.4 Å². The lowest BCUT2D eigenvalue weighted by Gasteiger charge is -2.32. The molecule has 3 heterocycles. The van der Waals surface area contributed by atoms with E-state index in [0.29, 0.717) is 42.2 Å². The summed E-state index contributed by atoms with van der Waals surface area (Å²) in [6.45, 7) is 8.56. The van der Waals surface area contributed by atoms with Crippen molar-refractivity contribution in [1.82, 2.24) is 19.8 Å². The Morgan fingerprint density at radius 1 is 1.28 bits per heavy atom. The van der Waals surface area contributed by atoms with E-state index in [2.05, 4.69) is 21.4 Å². The van der Waals surface area contributed by atoms with E-state index in [1.165, 1.54) is 4.90 Å². The van der Waals surface area contributed by atoms with Gasteiger partial charge in [0.2, 0.25) is 12.3 Å². The number of halogens is 1. The number of aromatic amines is 1. The number of likely N-dealkylation sites (tertiary alicyclic amines) is 1. The minimum absolute atomic E-state index is 0.143. The van der Waals surface area contributed by atoms with Crippen molar-refractivity contribution in [1.29, 1.82) is 5.26 Å². The highest BCUT2D eigenvalue weighted by Gasteiger charge is 2.39. The zero-order valence-electron chi connectivity index (χ0n) is 22.9. The zero-order valence-corrected chi connectivity index (χ0v) is 23.7. The van der Waals surface area contributed by atoms with Crippen LogP contribution in [0.2, 0.25) is 5.02 Å². The molecule has 1 saturated heterocycles. The van der Waals surface area contributed by atoms with Crippen LogP contribution < -0.4 is 5.32 Å². The van der Waals surface area contributed by atoms with Crippen molar-refractivity contribution >= 4 is 46.5 Å². The Hall–Kier alpha value is -3.90. The second-order valence-corrected chi connectivity index (χ2v) is 10.8. The van der Waals surface area contributed by atoms with Crippen LogP contribution in [0.5, 0.6) is 0 Å². The SMILES string of the molecule is Cc1ccc2cc(C(=O)N(C)C(CC(C)C)C(=O)N3CC(C)CC3C#N)[nH]c2n1.O=CNc1ccc(Cl)cc1. The summed E-state index contributed by atoms with van der Waals surface area (Å²) >= 11 is 5.60. The number of benzene rings is 1. The number of nitrogens with zero attached hydrogens (tertiary/aromatic N) is 4. The molecule has 10 heteroatoms. The van der Waals surface area contributed by atoms with E-state index in [1.807, 2.05) is 39.8 Å². The van der Waals surface area contributed by atoms with Gasteiger partial charge in [-0.05, 0) is 74.1 Å². The lowest BCUT2D eigenvalue weighted by atomic mass is 10.0. The van der Waals surface area contributed by atoms with Gasteiger partial charge in [0.1, 0.15) is 23.4 Å². The number of amides is 3. The van der Waals surface area contributed by atoms with Gasteiger partial charge < -0.3 is 20.1 Å². The normalized spacial score (nSPS) is 17.2. The van der Waals surface area contributed by atoms with Crippen LogP contribution in [0.25, 0.3) is 11.0 Å². The van der Waals surface area contributed by atoms with Gasteiger partial charge in [-0.25, -0.2) is 4.98 Å². The van der Waals surface area contributed by atoms with Crippen LogP contribution in [0.1, 0.15) is 49.8 Å². The molecular weight excluding hydrogens is 516 g/mol. The standard InChI is InChI=1S/C22H29N5O2.C7H6ClNO/c1-13(2)8-19(22(29)27-12-14(3)9-17(27)11-23)26(5)21(28)18-10-16-7-6-15(4)24-20(16)25-18;8-6-1-3-7(4-2-6)9-5-10/h6-7,10,13-14,17,19H,8-9,12H2,1-5H3,(H,24,25);1-5H,(H,9,10). The predicted molar refractivity (Wildman–Crippen MR) is 152 cm³/mol. The first-order valence-corrected chi connectivity index (χ1v) is 13.3. The van der Waals surface area contributed by atoms with Crippen molar-refractivity contribution in [2.45, 2.75) is 52.6 Å². The highest BCUT2D eigenvalue weighted by molar-refractivity contribution is 6.30. The van der Waals surface area contributed by atoms with E-state index in [-0.39, 0.29) is 23.7 Å². The van der Waals surface area contributed by atoms with Gasteiger partial charge in [0, 0.05) is 35.4 Å². The molecule has 206 valence electrons. The highest BCUT2D eigenvalue weighted by Crippen LogP contribution is 2.26. The largest absolute Gasteiger partial charge is 0.335 e. The Morgan fingerprint density at radius 3 is 2.59 bits per heavy atom. The van der Waals surface area contributed by atoms with Crippen molar-refractivity contribution in [3.8, 4) is 6.07 Å². The number of hydrogen-bond donors (Lipinski definition) is 2. The minimum Gasteiger partial charge on any atom is -0.335 e. The maximum Gasteiger partial charge on any atom is 0.270 e. The molecule has 3 aromatic rings. The quantitative estimate of drug-likeness (QED) is 0.400. The van der Waals surface area contributed by atoms with Crippen LogP contribution in [0.4, 0.5) is 5.69 Å². The first kappa shape index (κ1) is 29.7. The van der Waals surface area contributed by atoms with Gasteiger partial charge in [-0.15, -0.1) is 0 Å². The fourth-order valence-corrected chi connectivity index (χ4v) is 4.76. The second kappa shape index (κ2) is 13.3. The summed E-state index contributed by atoms with van der Waals surface area (Å²) in [5, 5.41) is 13.5. The molecule has 1 aromatic carbocycles. The van der Waals surface area contributed by atoms with Crippen molar-refractivity contribution < 1.29 is 14.4 Å². The molecule has 2 N–H and O–H groups in total. The molecule has 1 fully saturated rings. The van der Waals surface area contributed by atoms with Crippen LogP contribution >= 0.6 is 11.6 Å². The number of H-pyrrole nitrogens is 1. The molecule has 0 saturated carbocycles. The van der Waals surface area contributed by atoms with Crippen LogP contribution in [0.3, 0.4) is 0 Å². The monoisotopic (exact) mass is 550 g/mol. The van der Waals surface area contributed by atoms with Crippen molar-refractivity contribution in [3.63, 3.8) is 0 Å². The smallest absolute Gasteiger partial charge is 0.270 e. The van der Waals surface area contributed by atoms with Crippen LogP contribution in [-0.2, 0) is 9.59 Å². The molecule has 9 nitrogen and oxygen atoms in total. The zero-order chi connectivity index (χ0) is 28.7. The molecule has 39 heavy (non-hydrogen) atoms. The van der Waals surface area contributed by atoms with Gasteiger partial charge in [0.25, 0.3) is 5.91 Å². The maximum atomic E-state index is 13.3. The van der Waals surface area contributed by atoms with Crippen molar-refractivity contribution in [3.05, 3.63) is 58.9 Å². The van der Waals surface area contributed by atoms with Crippen LogP contribution in [0.15, 0.2) is 42.5 Å². The third kappa shape index (κ3) is 7.58. The fraction of sp³-hybridized carbons (Fsp3) is 0.414. The average molecular weight is 551 g/mol. The summed E-state index contributed by atoms with van der Waals surface area (Å²) in [7, 11) is 1.67. The number of hydrogen-bond acceptors (Lipinski definition) is 5. The molecule has 2 aromatic heterocycles. The van der Waals surface area contributed by atoms with E-state index in [0.717, 1.165) is 16.8 Å². The lowest BCUT2D eigenvalue weighted by molar-refractivity contribution is -0.136. The number of carbonyl (C=O) groups is 3. The van der Waals surface area contributed by atoms with Gasteiger partial charge in [0.05, 0.1) is 6.07 Å². The highest BCUT2D eigenvalue weighted by atomic mass is 35.5. The molecule has 0 bridgehead atoms. The number of anilines is 1. The molecule has 0 radical (unpaired) electrons. The van der Waals surface area contributed by atoms with Crippen molar-refractivity contribution in [2.24, 2.45) is 11.8 Å². The number of nitrogens with one attached hydrogen (secondary N) is 2. The molecule has 1 aliphatic rings. The molecular formula is C29H35ClN6O3. The van der Waals surface area contributed by atoms with E-state index in [9.17, 15) is 19.6 Å².